The number of nitrogens with zero attached hydrogens (tertiary/aromatic N) is 3. The van der Waals surface area contributed by atoms with Gasteiger partial charge in [-0.15, -0.1) is 0 Å². The number of aromatic nitrogens is 3. The minimum absolute atomic E-state index is 0.216. The lowest BCUT2D eigenvalue weighted by Crippen LogP contribution is -2.41. The highest BCUT2D eigenvalue weighted by Crippen LogP contribution is 2.17. The number of anilines is 1. The molecule has 2 aromatic carbocycles. The summed E-state index contributed by atoms with van der Waals surface area (Å²) >= 11 is 0. The van der Waals surface area contributed by atoms with Crippen molar-refractivity contribution in [1.29, 1.82) is 0 Å². The number of fused-ring (bicyclic) bond motifs is 1. The Hall–Kier alpha value is -4.14. The van der Waals surface area contributed by atoms with Crippen molar-refractivity contribution in [2.24, 2.45) is 7.05 Å². The molecule has 4 rings (SSSR count). The van der Waals surface area contributed by atoms with E-state index in [4.69, 9.17) is 4.74 Å². The van der Waals surface area contributed by atoms with Gasteiger partial charge in [0.05, 0.1) is 17.8 Å². The second-order valence-electron chi connectivity index (χ2n) is 7.57. The maximum Gasteiger partial charge on any atom is 0.336 e. The van der Waals surface area contributed by atoms with Crippen LogP contribution in [0.2, 0.25) is 0 Å². The average molecular weight is 450 g/mol. The molecule has 1 amide bonds. The highest BCUT2D eigenvalue weighted by atomic mass is 19.1. The van der Waals surface area contributed by atoms with Gasteiger partial charge in [-0.2, -0.15) is 0 Å². The topological polar surface area (TPSA) is 87.3 Å². The van der Waals surface area contributed by atoms with Gasteiger partial charge in [0.2, 0.25) is 5.91 Å². The van der Waals surface area contributed by atoms with E-state index in [2.05, 4.69) is 5.32 Å². The Balaban J connectivity index is 1.77. The standard InChI is InChI=1S/C24H23FN4O4/c1-4-33-19-11-7-17(8-12-19)26-21(30)14-28-20-13-15(2)27(3)22(20)23(31)29(24(28)32)18-9-5-16(25)6-10-18/h5-13H,4,14H2,1-3H3,(H,26,30). The molecule has 170 valence electrons. The molecule has 0 atom stereocenters. The van der Waals surface area contributed by atoms with Crippen LogP contribution >= 0.6 is 0 Å². The molecular formula is C24H23FN4O4. The number of rotatable bonds is 6. The number of hydrogen-bond donors (Lipinski definition) is 1. The zero-order chi connectivity index (χ0) is 23.7. The average Bonchev–Trinajstić information content (AvgIpc) is 3.08. The molecule has 1 N–H and O–H groups in total. The van der Waals surface area contributed by atoms with Gasteiger partial charge < -0.3 is 14.6 Å². The first-order valence-electron chi connectivity index (χ1n) is 10.4. The maximum absolute atomic E-state index is 13.4. The van der Waals surface area contributed by atoms with Crippen LogP contribution in [-0.4, -0.2) is 26.2 Å². The molecule has 0 saturated heterocycles. The van der Waals surface area contributed by atoms with E-state index in [0.717, 1.165) is 10.3 Å². The molecule has 0 aliphatic carbocycles. The first-order valence-corrected chi connectivity index (χ1v) is 10.4. The Morgan fingerprint density at radius 3 is 2.36 bits per heavy atom. The Morgan fingerprint density at radius 2 is 1.73 bits per heavy atom. The smallest absolute Gasteiger partial charge is 0.336 e. The Labute approximate surface area is 188 Å². The third-order valence-electron chi connectivity index (χ3n) is 5.41. The van der Waals surface area contributed by atoms with Crippen LogP contribution in [0.25, 0.3) is 16.7 Å². The quantitative estimate of drug-likeness (QED) is 0.489. The van der Waals surface area contributed by atoms with Crippen LogP contribution < -0.4 is 21.3 Å². The van der Waals surface area contributed by atoms with E-state index in [1.165, 1.54) is 28.8 Å². The lowest BCUT2D eigenvalue weighted by Gasteiger charge is -2.13. The van der Waals surface area contributed by atoms with Gasteiger partial charge in [0.25, 0.3) is 5.56 Å². The highest BCUT2D eigenvalue weighted by Gasteiger charge is 2.20. The molecule has 0 bridgehead atoms. The van der Waals surface area contributed by atoms with E-state index in [0.29, 0.717) is 23.6 Å². The molecule has 9 heteroatoms. The van der Waals surface area contributed by atoms with Gasteiger partial charge in [0.15, 0.2) is 0 Å². The van der Waals surface area contributed by atoms with Crippen molar-refractivity contribution in [3.05, 3.63) is 86.9 Å². The fourth-order valence-electron chi connectivity index (χ4n) is 3.70. The number of carbonyl (C=O) groups excluding carboxylic acids is 1. The van der Waals surface area contributed by atoms with Gasteiger partial charge in [-0.25, -0.2) is 13.8 Å². The summed E-state index contributed by atoms with van der Waals surface area (Å²) in [6, 6.07) is 13.6. The summed E-state index contributed by atoms with van der Waals surface area (Å²) in [5.74, 6) is -0.245. The zero-order valence-electron chi connectivity index (χ0n) is 18.5. The first kappa shape index (κ1) is 22.1. The van der Waals surface area contributed by atoms with Gasteiger partial charge in [0, 0.05) is 18.4 Å². The molecule has 33 heavy (non-hydrogen) atoms. The molecule has 8 nitrogen and oxygen atoms in total. The van der Waals surface area contributed by atoms with Crippen molar-refractivity contribution >= 4 is 22.6 Å². The van der Waals surface area contributed by atoms with Gasteiger partial charge >= 0.3 is 5.69 Å². The largest absolute Gasteiger partial charge is 0.494 e. The number of carbonyl (C=O) groups is 1. The molecule has 0 fully saturated rings. The predicted molar refractivity (Wildman–Crippen MR) is 124 cm³/mol. The lowest BCUT2D eigenvalue weighted by molar-refractivity contribution is -0.116. The Kier molecular flexibility index (Phi) is 5.87. The summed E-state index contributed by atoms with van der Waals surface area (Å²) < 4.78 is 22.7. The van der Waals surface area contributed by atoms with Crippen molar-refractivity contribution < 1.29 is 13.9 Å². The third-order valence-corrected chi connectivity index (χ3v) is 5.41. The van der Waals surface area contributed by atoms with Crippen LogP contribution in [0, 0.1) is 12.7 Å². The molecule has 0 saturated carbocycles. The van der Waals surface area contributed by atoms with E-state index < -0.39 is 23.0 Å². The number of nitrogens with one attached hydrogen (secondary N) is 1. The van der Waals surface area contributed by atoms with E-state index in [1.54, 1.807) is 48.9 Å². The van der Waals surface area contributed by atoms with Crippen LogP contribution in [-0.2, 0) is 18.4 Å². The van der Waals surface area contributed by atoms with Crippen molar-refractivity contribution in [2.45, 2.75) is 20.4 Å². The predicted octanol–water partition coefficient (Wildman–Crippen LogP) is 2.98. The normalized spacial score (nSPS) is 11.0. The first-order chi connectivity index (χ1) is 15.8. The number of benzene rings is 2. The van der Waals surface area contributed by atoms with Crippen LogP contribution in [0.15, 0.2) is 64.2 Å². The summed E-state index contributed by atoms with van der Waals surface area (Å²) in [5, 5.41) is 2.76. The maximum atomic E-state index is 13.4. The minimum Gasteiger partial charge on any atom is -0.494 e. The van der Waals surface area contributed by atoms with Crippen LogP contribution in [0.3, 0.4) is 0 Å². The van der Waals surface area contributed by atoms with E-state index >= 15 is 0 Å². The van der Waals surface area contributed by atoms with Crippen LogP contribution in [0.4, 0.5) is 10.1 Å². The summed E-state index contributed by atoms with van der Waals surface area (Å²) in [7, 11) is 1.71. The van der Waals surface area contributed by atoms with E-state index in [9.17, 15) is 18.8 Å². The molecule has 2 heterocycles. The fourth-order valence-corrected chi connectivity index (χ4v) is 3.70. The monoisotopic (exact) mass is 450 g/mol. The van der Waals surface area contributed by atoms with Gasteiger partial charge in [-0.05, 0) is 68.4 Å². The Morgan fingerprint density at radius 1 is 1.06 bits per heavy atom. The third kappa shape index (κ3) is 4.17. The van der Waals surface area contributed by atoms with Gasteiger partial charge in [-0.1, -0.05) is 0 Å². The molecule has 4 aromatic rings. The summed E-state index contributed by atoms with van der Waals surface area (Å²) in [6.07, 6.45) is 0. The van der Waals surface area contributed by atoms with Gasteiger partial charge in [0.1, 0.15) is 23.6 Å². The molecule has 0 spiro atoms. The summed E-state index contributed by atoms with van der Waals surface area (Å²) in [4.78, 5) is 39.4. The Bertz CT molecular complexity index is 1450. The van der Waals surface area contributed by atoms with Crippen molar-refractivity contribution in [3.63, 3.8) is 0 Å². The number of halogens is 1. The summed E-state index contributed by atoms with van der Waals surface area (Å²) in [5.41, 5.74) is 0.901. The number of aryl methyl sites for hydroxylation is 2. The SMILES string of the molecule is CCOc1ccc(NC(=O)Cn2c(=O)n(-c3ccc(F)cc3)c(=O)c3c2cc(C)n3C)cc1. The molecule has 0 aliphatic rings. The van der Waals surface area contributed by atoms with E-state index in [-0.39, 0.29) is 17.7 Å². The minimum atomic E-state index is -0.688. The molecule has 0 aliphatic heterocycles. The molecule has 0 radical (unpaired) electrons. The van der Waals surface area contributed by atoms with Crippen LogP contribution in [0.5, 0.6) is 5.75 Å². The number of hydrogen-bond acceptors (Lipinski definition) is 4. The fraction of sp³-hybridized carbons (Fsp3) is 0.208. The molecule has 2 aromatic heterocycles. The van der Waals surface area contributed by atoms with Crippen molar-refractivity contribution in [2.75, 3.05) is 11.9 Å². The molecular weight excluding hydrogens is 427 g/mol. The lowest BCUT2D eigenvalue weighted by atomic mass is 10.3. The number of amides is 1. The van der Waals surface area contributed by atoms with Crippen molar-refractivity contribution in [3.8, 4) is 11.4 Å². The van der Waals surface area contributed by atoms with E-state index in [1.807, 2.05) is 6.92 Å². The second kappa shape index (κ2) is 8.78. The molecule has 0 unspecified atom stereocenters. The van der Waals surface area contributed by atoms with Gasteiger partial charge in [-0.3, -0.25) is 14.2 Å². The van der Waals surface area contributed by atoms with Crippen molar-refractivity contribution in [1.82, 2.24) is 13.7 Å². The number of ether oxygens (including phenoxy) is 1. The van der Waals surface area contributed by atoms with Crippen LogP contribution in [0.1, 0.15) is 12.6 Å². The highest BCUT2D eigenvalue weighted by molar-refractivity contribution is 5.91. The summed E-state index contributed by atoms with van der Waals surface area (Å²) in [6.45, 7) is 3.90. The zero-order valence-corrected chi connectivity index (χ0v) is 18.5. The second-order valence-corrected chi connectivity index (χ2v) is 7.57.